The van der Waals surface area contributed by atoms with E-state index in [1.54, 1.807) is 19.1 Å². The summed E-state index contributed by atoms with van der Waals surface area (Å²) in [6, 6.07) is 10.9. The van der Waals surface area contributed by atoms with Gasteiger partial charge in [0.1, 0.15) is 17.6 Å². The van der Waals surface area contributed by atoms with Gasteiger partial charge in [-0.05, 0) is 68.1 Å². The van der Waals surface area contributed by atoms with Crippen molar-refractivity contribution < 1.29 is 18.7 Å². The van der Waals surface area contributed by atoms with E-state index in [-0.39, 0.29) is 30.8 Å². The zero-order valence-corrected chi connectivity index (χ0v) is 18.2. The largest absolute Gasteiger partial charge is 0.484 e. The minimum absolute atomic E-state index is 0.184. The monoisotopic (exact) mass is 414 g/mol. The number of carbonyl (C=O) groups is 2. The summed E-state index contributed by atoms with van der Waals surface area (Å²) in [5.41, 5.74) is 2.96. The lowest BCUT2D eigenvalue weighted by Gasteiger charge is -2.28. The first-order chi connectivity index (χ1) is 14.3. The zero-order valence-electron chi connectivity index (χ0n) is 18.2. The summed E-state index contributed by atoms with van der Waals surface area (Å²) in [6.45, 7) is 8.30. The number of carbonyl (C=O) groups excluding carboxylic acids is 2. The molecule has 0 radical (unpaired) electrons. The fraction of sp³-hybridized carbons (Fsp3) is 0.417. The first kappa shape index (κ1) is 23.4. The van der Waals surface area contributed by atoms with Crippen molar-refractivity contribution in [1.29, 1.82) is 0 Å². The van der Waals surface area contributed by atoms with Crippen molar-refractivity contribution in [3.05, 3.63) is 65.0 Å². The van der Waals surface area contributed by atoms with Gasteiger partial charge in [-0.3, -0.25) is 9.59 Å². The van der Waals surface area contributed by atoms with Gasteiger partial charge in [-0.1, -0.05) is 31.5 Å². The Morgan fingerprint density at radius 1 is 1.10 bits per heavy atom. The number of halogens is 1. The molecule has 1 atom stereocenters. The van der Waals surface area contributed by atoms with Gasteiger partial charge in [0.05, 0.1) is 0 Å². The SMILES string of the molecule is CCCCNC(=O)[C@H](C)N(Cc1ccc(F)cc1)C(=O)COc1ccc(C)c(C)c1. The molecule has 30 heavy (non-hydrogen) atoms. The Balaban J connectivity index is 2.11. The molecular formula is C24H31FN2O3. The molecule has 0 aliphatic carbocycles. The highest BCUT2D eigenvalue weighted by molar-refractivity contribution is 5.87. The Morgan fingerprint density at radius 3 is 2.43 bits per heavy atom. The van der Waals surface area contributed by atoms with E-state index in [0.29, 0.717) is 12.3 Å². The summed E-state index contributed by atoms with van der Waals surface area (Å²) in [5, 5.41) is 2.87. The highest BCUT2D eigenvalue weighted by Crippen LogP contribution is 2.17. The Kier molecular flexibility index (Phi) is 8.84. The quantitative estimate of drug-likeness (QED) is 0.594. The predicted octanol–water partition coefficient (Wildman–Crippen LogP) is 4.15. The Labute approximate surface area is 178 Å². The second kappa shape index (κ2) is 11.3. The van der Waals surface area contributed by atoms with Crippen molar-refractivity contribution in [2.24, 2.45) is 0 Å². The van der Waals surface area contributed by atoms with Gasteiger partial charge in [-0.25, -0.2) is 4.39 Å². The number of rotatable bonds is 10. The van der Waals surface area contributed by atoms with Crippen molar-refractivity contribution in [2.75, 3.05) is 13.2 Å². The van der Waals surface area contributed by atoms with E-state index in [0.717, 1.165) is 29.5 Å². The molecule has 6 heteroatoms. The molecule has 162 valence electrons. The van der Waals surface area contributed by atoms with Gasteiger partial charge in [0.15, 0.2) is 6.61 Å². The molecule has 0 unspecified atom stereocenters. The van der Waals surface area contributed by atoms with Crippen LogP contribution in [0.4, 0.5) is 4.39 Å². The second-order valence-electron chi connectivity index (χ2n) is 7.50. The summed E-state index contributed by atoms with van der Waals surface area (Å²) >= 11 is 0. The van der Waals surface area contributed by atoms with Gasteiger partial charge in [0.2, 0.25) is 5.91 Å². The summed E-state index contributed by atoms with van der Waals surface area (Å²) in [5.74, 6) is -0.269. The van der Waals surface area contributed by atoms with Crippen LogP contribution in [0, 0.1) is 19.7 Å². The summed E-state index contributed by atoms with van der Waals surface area (Å²) in [6.07, 6.45) is 1.84. The smallest absolute Gasteiger partial charge is 0.261 e. The van der Waals surface area contributed by atoms with E-state index in [1.807, 2.05) is 39.0 Å². The average Bonchev–Trinajstić information content (AvgIpc) is 2.73. The van der Waals surface area contributed by atoms with Crippen LogP contribution in [-0.4, -0.2) is 35.9 Å². The molecule has 5 nitrogen and oxygen atoms in total. The third-order valence-electron chi connectivity index (χ3n) is 5.10. The van der Waals surface area contributed by atoms with Crippen LogP contribution in [0.15, 0.2) is 42.5 Å². The lowest BCUT2D eigenvalue weighted by Crippen LogP contribution is -2.49. The molecule has 2 rings (SSSR count). The Bertz CT molecular complexity index is 852. The van der Waals surface area contributed by atoms with Crippen molar-refractivity contribution >= 4 is 11.8 Å². The number of hydrogen-bond donors (Lipinski definition) is 1. The number of hydrogen-bond acceptors (Lipinski definition) is 3. The normalized spacial score (nSPS) is 11.6. The summed E-state index contributed by atoms with van der Waals surface area (Å²) in [4.78, 5) is 27.0. The molecule has 2 amide bonds. The number of unbranched alkanes of at least 4 members (excludes halogenated alkanes) is 1. The van der Waals surface area contributed by atoms with Gasteiger partial charge in [0.25, 0.3) is 5.91 Å². The molecule has 0 aliphatic heterocycles. The van der Waals surface area contributed by atoms with Crippen LogP contribution in [0.5, 0.6) is 5.75 Å². The number of benzene rings is 2. The van der Waals surface area contributed by atoms with Crippen molar-refractivity contribution in [2.45, 2.75) is 53.1 Å². The van der Waals surface area contributed by atoms with E-state index >= 15 is 0 Å². The van der Waals surface area contributed by atoms with E-state index in [2.05, 4.69) is 5.32 Å². The molecule has 0 bridgehead atoms. The Hall–Kier alpha value is -2.89. The average molecular weight is 415 g/mol. The maximum absolute atomic E-state index is 13.2. The standard InChI is InChI=1S/C24H31FN2O3/c1-5-6-13-26-24(29)19(4)27(15-20-8-10-21(25)11-9-20)23(28)16-30-22-12-7-17(2)18(3)14-22/h7-12,14,19H,5-6,13,15-16H2,1-4H3,(H,26,29)/t19-/m0/s1. The van der Waals surface area contributed by atoms with Crippen LogP contribution in [0.1, 0.15) is 43.4 Å². The van der Waals surface area contributed by atoms with Crippen molar-refractivity contribution in [3.8, 4) is 5.75 Å². The fourth-order valence-corrected chi connectivity index (χ4v) is 2.94. The highest BCUT2D eigenvalue weighted by atomic mass is 19.1. The molecule has 2 aromatic rings. The second-order valence-corrected chi connectivity index (χ2v) is 7.50. The molecule has 1 N–H and O–H groups in total. The van der Waals surface area contributed by atoms with E-state index < -0.39 is 6.04 Å². The maximum atomic E-state index is 13.2. The number of ether oxygens (including phenoxy) is 1. The molecular weight excluding hydrogens is 383 g/mol. The Morgan fingerprint density at radius 2 is 1.80 bits per heavy atom. The molecule has 0 saturated carbocycles. The molecule has 0 heterocycles. The number of nitrogens with one attached hydrogen (secondary N) is 1. The van der Waals surface area contributed by atoms with Crippen LogP contribution in [-0.2, 0) is 16.1 Å². The minimum Gasteiger partial charge on any atom is -0.484 e. The van der Waals surface area contributed by atoms with Crippen LogP contribution < -0.4 is 10.1 Å². The molecule has 0 fully saturated rings. The number of nitrogens with zero attached hydrogens (tertiary/aromatic N) is 1. The summed E-state index contributed by atoms with van der Waals surface area (Å²) < 4.78 is 18.9. The van der Waals surface area contributed by atoms with Crippen molar-refractivity contribution in [3.63, 3.8) is 0 Å². The number of aryl methyl sites for hydroxylation is 2. The zero-order chi connectivity index (χ0) is 22.1. The van der Waals surface area contributed by atoms with Gasteiger partial charge in [-0.2, -0.15) is 0 Å². The third-order valence-corrected chi connectivity index (χ3v) is 5.10. The van der Waals surface area contributed by atoms with Crippen molar-refractivity contribution in [1.82, 2.24) is 10.2 Å². The lowest BCUT2D eigenvalue weighted by atomic mass is 10.1. The van der Waals surface area contributed by atoms with Crippen LogP contribution in [0.2, 0.25) is 0 Å². The van der Waals surface area contributed by atoms with Crippen LogP contribution >= 0.6 is 0 Å². The van der Waals surface area contributed by atoms with Gasteiger partial charge < -0.3 is 15.0 Å². The summed E-state index contributed by atoms with van der Waals surface area (Å²) in [7, 11) is 0. The lowest BCUT2D eigenvalue weighted by molar-refractivity contribution is -0.142. The maximum Gasteiger partial charge on any atom is 0.261 e. The minimum atomic E-state index is -0.678. The third kappa shape index (κ3) is 6.87. The molecule has 0 spiro atoms. The molecule has 2 aromatic carbocycles. The van der Waals surface area contributed by atoms with Crippen LogP contribution in [0.3, 0.4) is 0 Å². The van der Waals surface area contributed by atoms with E-state index in [9.17, 15) is 14.0 Å². The fourth-order valence-electron chi connectivity index (χ4n) is 2.94. The topological polar surface area (TPSA) is 58.6 Å². The van der Waals surface area contributed by atoms with Crippen LogP contribution in [0.25, 0.3) is 0 Å². The predicted molar refractivity (Wildman–Crippen MR) is 116 cm³/mol. The first-order valence-electron chi connectivity index (χ1n) is 10.3. The van der Waals surface area contributed by atoms with E-state index in [1.165, 1.54) is 17.0 Å². The number of amides is 2. The van der Waals surface area contributed by atoms with Gasteiger partial charge in [-0.15, -0.1) is 0 Å². The molecule has 0 aromatic heterocycles. The molecule has 0 aliphatic rings. The first-order valence-corrected chi connectivity index (χ1v) is 10.3. The molecule has 0 saturated heterocycles. The highest BCUT2D eigenvalue weighted by Gasteiger charge is 2.26. The van der Waals surface area contributed by atoms with E-state index in [4.69, 9.17) is 4.74 Å². The van der Waals surface area contributed by atoms with Gasteiger partial charge >= 0.3 is 0 Å². The van der Waals surface area contributed by atoms with Gasteiger partial charge in [0, 0.05) is 13.1 Å².